The number of benzene rings is 2. The summed E-state index contributed by atoms with van der Waals surface area (Å²) in [6.45, 7) is 2.09. The number of hydrogen-bond acceptors (Lipinski definition) is 1. The van der Waals surface area contributed by atoms with Crippen LogP contribution in [-0.4, -0.2) is 5.91 Å². The van der Waals surface area contributed by atoms with E-state index < -0.39 is 0 Å². The molecule has 120 valence electrons. The molecule has 4 rings (SSSR count). The number of carbonyl (C=O) groups excluding carboxylic acids is 1. The second-order valence-electron chi connectivity index (χ2n) is 7.53. The first-order valence-corrected chi connectivity index (χ1v) is 8.97. The highest BCUT2D eigenvalue weighted by atomic mass is 16.1. The molecule has 2 fully saturated rings. The molecule has 0 radical (unpaired) electrons. The van der Waals surface area contributed by atoms with Crippen LogP contribution < -0.4 is 5.32 Å². The van der Waals surface area contributed by atoms with Gasteiger partial charge in [0.2, 0.25) is 5.91 Å². The third kappa shape index (κ3) is 2.99. The maximum Gasteiger partial charge on any atom is 0.220 e. The summed E-state index contributed by atoms with van der Waals surface area (Å²) in [5.41, 5.74) is 1.19. The molecule has 1 amide bonds. The zero-order chi connectivity index (χ0) is 15.8. The van der Waals surface area contributed by atoms with Gasteiger partial charge in [0.25, 0.3) is 0 Å². The molecule has 2 heteroatoms. The van der Waals surface area contributed by atoms with E-state index in [1.165, 1.54) is 42.0 Å². The summed E-state index contributed by atoms with van der Waals surface area (Å²) in [6.07, 6.45) is 6.12. The fraction of sp³-hybridized carbons (Fsp3) is 0.476. The van der Waals surface area contributed by atoms with Gasteiger partial charge in [0.1, 0.15) is 0 Å². The van der Waals surface area contributed by atoms with Gasteiger partial charge in [-0.3, -0.25) is 4.79 Å². The van der Waals surface area contributed by atoms with Crippen LogP contribution in [0, 0.1) is 17.8 Å². The molecule has 1 N–H and O–H groups in total. The first kappa shape index (κ1) is 14.7. The highest BCUT2D eigenvalue weighted by molar-refractivity contribution is 5.83. The molecule has 0 saturated heterocycles. The van der Waals surface area contributed by atoms with Gasteiger partial charge in [0.15, 0.2) is 0 Å². The number of rotatable bonds is 4. The molecule has 2 aromatic carbocycles. The Morgan fingerprint density at radius 2 is 1.96 bits per heavy atom. The Balaban J connectivity index is 1.40. The molecule has 4 unspecified atom stereocenters. The van der Waals surface area contributed by atoms with Gasteiger partial charge in [-0.05, 0) is 66.3 Å². The Labute approximate surface area is 138 Å². The molecule has 2 aromatic rings. The Morgan fingerprint density at radius 3 is 2.70 bits per heavy atom. The topological polar surface area (TPSA) is 29.1 Å². The Kier molecular flexibility index (Phi) is 3.84. The van der Waals surface area contributed by atoms with Crippen molar-refractivity contribution in [2.75, 3.05) is 0 Å². The van der Waals surface area contributed by atoms with E-state index in [2.05, 4.69) is 54.7 Å². The van der Waals surface area contributed by atoms with Crippen LogP contribution in [-0.2, 0) is 4.79 Å². The molecule has 0 aliphatic heterocycles. The normalized spacial score (nSPS) is 27.3. The van der Waals surface area contributed by atoms with E-state index in [-0.39, 0.29) is 11.9 Å². The summed E-state index contributed by atoms with van der Waals surface area (Å²) in [6, 6.07) is 14.9. The average molecular weight is 307 g/mol. The van der Waals surface area contributed by atoms with E-state index in [9.17, 15) is 4.79 Å². The second kappa shape index (κ2) is 5.99. The van der Waals surface area contributed by atoms with Gasteiger partial charge >= 0.3 is 0 Å². The van der Waals surface area contributed by atoms with Crippen LogP contribution in [0.1, 0.15) is 50.6 Å². The molecule has 2 aliphatic carbocycles. The van der Waals surface area contributed by atoms with Crippen LogP contribution in [0.25, 0.3) is 10.8 Å². The maximum atomic E-state index is 12.4. The Hall–Kier alpha value is -1.83. The number of fused-ring (bicyclic) bond motifs is 3. The maximum absolute atomic E-state index is 12.4. The average Bonchev–Trinajstić information content (AvgIpc) is 3.17. The third-order valence-corrected chi connectivity index (χ3v) is 5.98. The minimum absolute atomic E-state index is 0.0747. The van der Waals surface area contributed by atoms with Crippen molar-refractivity contribution in [1.82, 2.24) is 5.32 Å². The summed E-state index contributed by atoms with van der Waals surface area (Å²) < 4.78 is 0. The first-order valence-electron chi connectivity index (χ1n) is 8.97. The molecule has 4 atom stereocenters. The number of hydrogen-bond donors (Lipinski definition) is 1. The Morgan fingerprint density at radius 1 is 1.13 bits per heavy atom. The third-order valence-electron chi connectivity index (χ3n) is 5.98. The molecule has 0 spiro atoms. The van der Waals surface area contributed by atoms with Crippen molar-refractivity contribution in [1.29, 1.82) is 0 Å². The number of carbonyl (C=O) groups is 1. The smallest absolute Gasteiger partial charge is 0.220 e. The quantitative estimate of drug-likeness (QED) is 0.860. The van der Waals surface area contributed by atoms with Gasteiger partial charge in [0, 0.05) is 6.42 Å². The predicted octanol–water partition coefficient (Wildman–Crippen LogP) is 4.84. The van der Waals surface area contributed by atoms with Crippen molar-refractivity contribution in [2.24, 2.45) is 17.8 Å². The SMILES string of the molecule is CC(NC(=O)CC1CC2CCC1C2)c1ccc2ccccc2c1. The van der Waals surface area contributed by atoms with Gasteiger partial charge in [-0.2, -0.15) is 0 Å². The molecule has 2 aliphatic rings. The highest BCUT2D eigenvalue weighted by Crippen LogP contribution is 2.49. The second-order valence-corrected chi connectivity index (χ2v) is 7.53. The monoisotopic (exact) mass is 307 g/mol. The summed E-state index contributed by atoms with van der Waals surface area (Å²) in [4.78, 5) is 12.4. The summed E-state index contributed by atoms with van der Waals surface area (Å²) in [5.74, 6) is 2.60. The first-order chi connectivity index (χ1) is 11.2. The minimum atomic E-state index is 0.0747. The molecule has 0 heterocycles. The van der Waals surface area contributed by atoms with Crippen molar-refractivity contribution in [3.8, 4) is 0 Å². The molecule has 23 heavy (non-hydrogen) atoms. The molecular formula is C21H25NO. The van der Waals surface area contributed by atoms with E-state index in [0.29, 0.717) is 5.92 Å². The van der Waals surface area contributed by atoms with Crippen molar-refractivity contribution in [3.63, 3.8) is 0 Å². The lowest BCUT2D eigenvalue weighted by molar-refractivity contribution is -0.123. The lowest BCUT2D eigenvalue weighted by Crippen LogP contribution is -2.29. The zero-order valence-corrected chi connectivity index (χ0v) is 13.8. The van der Waals surface area contributed by atoms with Gasteiger partial charge in [0.05, 0.1) is 6.04 Å². The zero-order valence-electron chi connectivity index (χ0n) is 13.8. The standard InChI is InChI=1S/C21H25NO/c1-14(17-9-8-16-4-2-3-5-18(16)12-17)22-21(23)13-20-11-15-6-7-19(20)10-15/h2-5,8-9,12,14-15,19-20H,6-7,10-11,13H2,1H3,(H,22,23). The van der Waals surface area contributed by atoms with Crippen molar-refractivity contribution < 1.29 is 4.79 Å². The van der Waals surface area contributed by atoms with Crippen molar-refractivity contribution in [3.05, 3.63) is 48.0 Å². The fourth-order valence-electron chi connectivity index (χ4n) is 4.73. The highest BCUT2D eigenvalue weighted by Gasteiger charge is 2.40. The lowest BCUT2D eigenvalue weighted by Gasteiger charge is -2.22. The fourth-order valence-corrected chi connectivity index (χ4v) is 4.73. The van der Waals surface area contributed by atoms with E-state index in [4.69, 9.17) is 0 Å². The lowest BCUT2D eigenvalue weighted by atomic mass is 9.86. The minimum Gasteiger partial charge on any atom is -0.350 e. The molecular weight excluding hydrogens is 282 g/mol. The van der Waals surface area contributed by atoms with E-state index in [0.717, 1.165) is 18.3 Å². The molecule has 0 aromatic heterocycles. The van der Waals surface area contributed by atoms with Gasteiger partial charge in [-0.15, -0.1) is 0 Å². The van der Waals surface area contributed by atoms with E-state index in [1.54, 1.807) is 0 Å². The summed E-state index contributed by atoms with van der Waals surface area (Å²) in [7, 11) is 0. The van der Waals surface area contributed by atoms with Gasteiger partial charge < -0.3 is 5.32 Å². The largest absolute Gasteiger partial charge is 0.350 e. The number of nitrogens with one attached hydrogen (secondary N) is 1. The Bertz CT molecular complexity index is 723. The molecule has 2 saturated carbocycles. The van der Waals surface area contributed by atoms with Crippen LogP contribution in [0.3, 0.4) is 0 Å². The van der Waals surface area contributed by atoms with Gasteiger partial charge in [-0.1, -0.05) is 42.8 Å². The molecule has 2 nitrogen and oxygen atoms in total. The molecule has 2 bridgehead atoms. The van der Waals surface area contributed by atoms with E-state index >= 15 is 0 Å². The van der Waals surface area contributed by atoms with Crippen LogP contribution in [0.2, 0.25) is 0 Å². The summed E-state index contributed by atoms with van der Waals surface area (Å²) >= 11 is 0. The van der Waals surface area contributed by atoms with E-state index in [1.807, 2.05) is 0 Å². The van der Waals surface area contributed by atoms with Crippen molar-refractivity contribution in [2.45, 2.75) is 45.1 Å². The van der Waals surface area contributed by atoms with Gasteiger partial charge in [-0.25, -0.2) is 0 Å². The van der Waals surface area contributed by atoms with Crippen LogP contribution in [0.4, 0.5) is 0 Å². The van der Waals surface area contributed by atoms with Crippen LogP contribution in [0.15, 0.2) is 42.5 Å². The number of amides is 1. The van der Waals surface area contributed by atoms with Crippen LogP contribution in [0.5, 0.6) is 0 Å². The van der Waals surface area contributed by atoms with Crippen molar-refractivity contribution >= 4 is 16.7 Å². The van der Waals surface area contributed by atoms with Crippen LogP contribution >= 0.6 is 0 Å². The summed E-state index contributed by atoms with van der Waals surface area (Å²) in [5, 5.41) is 5.69. The predicted molar refractivity (Wildman–Crippen MR) is 94.1 cm³/mol.